The molecule has 1 unspecified atom stereocenters. The number of rotatable bonds is 5. The summed E-state index contributed by atoms with van der Waals surface area (Å²) in [5, 5.41) is 6.19. The van der Waals surface area contributed by atoms with Crippen molar-refractivity contribution in [2.75, 3.05) is 24.3 Å². The lowest BCUT2D eigenvalue weighted by atomic mass is 9.88. The van der Waals surface area contributed by atoms with Crippen molar-refractivity contribution in [2.45, 2.75) is 6.42 Å². The van der Waals surface area contributed by atoms with E-state index < -0.39 is 0 Å². The Morgan fingerprint density at radius 2 is 1.76 bits per heavy atom. The van der Waals surface area contributed by atoms with Crippen LogP contribution in [0.3, 0.4) is 0 Å². The van der Waals surface area contributed by atoms with Gasteiger partial charge < -0.3 is 15.4 Å². The van der Waals surface area contributed by atoms with E-state index in [-0.39, 0.29) is 17.6 Å². The van der Waals surface area contributed by atoms with Gasteiger partial charge >= 0.3 is 0 Å². The van der Waals surface area contributed by atoms with Crippen LogP contribution in [0.15, 0.2) is 72.8 Å². The highest BCUT2D eigenvalue weighted by Crippen LogP contribution is 2.26. The van der Waals surface area contributed by atoms with E-state index in [0.29, 0.717) is 29.1 Å². The van der Waals surface area contributed by atoms with Crippen LogP contribution in [0, 0.1) is 5.92 Å². The summed E-state index contributed by atoms with van der Waals surface area (Å²) in [5.41, 5.74) is 4.07. The molecule has 1 aliphatic heterocycles. The molecule has 1 amide bonds. The number of carbonyl (C=O) groups excluding carboxylic acids is 2. The minimum absolute atomic E-state index is 0.0953. The van der Waals surface area contributed by atoms with Crippen molar-refractivity contribution >= 4 is 23.1 Å². The van der Waals surface area contributed by atoms with Gasteiger partial charge in [0.2, 0.25) is 0 Å². The largest absolute Gasteiger partial charge is 0.497 e. The first kappa shape index (κ1) is 18.7. The number of hydrogen-bond donors (Lipinski definition) is 2. The molecule has 0 saturated carbocycles. The second kappa shape index (κ2) is 8.19. The number of fused-ring (bicyclic) bond motifs is 1. The van der Waals surface area contributed by atoms with Crippen molar-refractivity contribution in [3.63, 3.8) is 0 Å². The Bertz CT molecular complexity index is 1040. The highest BCUT2D eigenvalue weighted by atomic mass is 16.5. The second-order valence-electron chi connectivity index (χ2n) is 7.07. The molecule has 29 heavy (non-hydrogen) atoms. The van der Waals surface area contributed by atoms with Crippen LogP contribution in [-0.4, -0.2) is 25.3 Å². The first-order chi connectivity index (χ1) is 14.1. The molecule has 0 fully saturated rings. The van der Waals surface area contributed by atoms with Crippen LogP contribution in [0.5, 0.6) is 5.75 Å². The number of Topliss-reactive ketones (excluding diaryl/α,β-unsaturated/α-hetero) is 1. The molecule has 0 bridgehead atoms. The third-order valence-corrected chi connectivity index (χ3v) is 5.15. The number of amides is 1. The van der Waals surface area contributed by atoms with Gasteiger partial charge in [-0.15, -0.1) is 0 Å². The lowest BCUT2D eigenvalue weighted by molar-refractivity contribution is 0.0924. The van der Waals surface area contributed by atoms with Gasteiger partial charge in [0.15, 0.2) is 5.78 Å². The maximum atomic E-state index is 12.9. The molecule has 0 radical (unpaired) electrons. The molecule has 3 aromatic carbocycles. The van der Waals surface area contributed by atoms with Gasteiger partial charge in [0.25, 0.3) is 5.91 Å². The lowest BCUT2D eigenvalue weighted by Crippen LogP contribution is -2.29. The molecule has 146 valence electrons. The average molecular weight is 386 g/mol. The molecule has 0 aliphatic carbocycles. The second-order valence-corrected chi connectivity index (χ2v) is 7.07. The number of ketones is 1. The first-order valence-corrected chi connectivity index (χ1v) is 9.55. The number of nitrogens with one attached hydrogen (secondary N) is 2. The highest BCUT2D eigenvalue weighted by molar-refractivity contribution is 6.05. The first-order valence-electron chi connectivity index (χ1n) is 9.55. The van der Waals surface area contributed by atoms with Crippen molar-refractivity contribution in [2.24, 2.45) is 5.92 Å². The van der Waals surface area contributed by atoms with Crippen molar-refractivity contribution in [3.8, 4) is 5.75 Å². The molecule has 1 aliphatic rings. The number of hydrogen-bond acceptors (Lipinski definition) is 4. The van der Waals surface area contributed by atoms with E-state index in [1.54, 1.807) is 55.6 Å². The number of carbonyl (C=O) groups is 2. The Balaban J connectivity index is 1.42. The quantitative estimate of drug-likeness (QED) is 0.637. The van der Waals surface area contributed by atoms with Gasteiger partial charge in [-0.3, -0.25) is 9.59 Å². The summed E-state index contributed by atoms with van der Waals surface area (Å²) in [6, 6.07) is 22.1. The lowest BCUT2D eigenvalue weighted by Gasteiger charge is -2.25. The molecule has 1 atom stereocenters. The normalized spacial score (nSPS) is 15.0. The zero-order chi connectivity index (χ0) is 20.2. The summed E-state index contributed by atoms with van der Waals surface area (Å²) in [4.78, 5) is 25.3. The molecular weight excluding hydrogens is 364 g/mol. The molecule has 3 aromatic rings. The van der Waals surface area contributed by atoms with Crippen LogP contribution in [-0.2, 0) is 6.42 Å². The molecule has 4 rings (SSSR count). The standard InChI is InChI=1S/C24H22N2O3/c1-29-21-7-4-6-18(14-21)24(28)26-20-11-9-16(10-12-20)23(27)19-13-17-5-2-3-8-22(17)25-15-19/h2-12,14,19,25H,13,15H2,1H3,(H,26,28). The number of benzene rings is 3. The van der Waals surface area contributed by atoms with Crippen molar-refractivity contribution < 1.29 is 14.3 Å². The predicted molar refractivity (Wildman–Crippen MR) is 114 cm³/mol. The van der Waals surface area contributed by atoms with E-state index in [2.05, 4.69) is 16.7 Å². The zero-order valence-corrected chi connectivity index (χ0v) is 16.1. The maximum Gasteiger partial charge on any atom is 0.255 e. The zero-order valence-electron chi connectivity index (χ0n) is 16.1. The molecule has 5 nitrogen and oxygen atoms in total. The molecular formula is C24H22N2O3. The van der Waals surface area contributed by atoms with Gasteiger partial charge in [-0.2, -0.15) is 0 Å². The van der Waals surface area contributed by atoms with Gasteiger partial charge in [0.05, 0.1) is 7.11 Å². The van der Waals surface area contributed by atoms with Crippen LogP contribution in [0.4, 0.5) is 11.4 Å². The predicted octanol–water partition coefficient (Wildman–Crippen LogP) is 4.41. The van der Waals surface area contributed by atoms with Gasteiger partial charge in [0, 0.05) is 35.0 Å². The molecule has 5 heteroatoms. The number of ether oxygens (including phenoxy) is 1. The minimum atomic E-state index is -0.226. The van der Waals surface area contributed by atoms with Crippen molar-refractivity contribution in [1.82, 2.24) is 0 Å². The van der Waals surface area contributed by atoms with Crippen LogP contribution in [0.2, 0.25) is 0 Å². The van der Waals surface area contributed by atoms with Crippen LogP contribution in [0.1, 0.15) is 26.3 Å². The van der Waals surface area contributed by atoms with E-state index >= 15 is 0 Å². The summed E-state index contributed by atoms with van der Waals surface area (Å²) in [5.74, 6) is 0.414. The molecule has 2 N–H and O–H groups in total. The van der Waals surface area contributed by atoms with Crippen LogP contribution >= 0.6 is 0 Å². The smallest absolute Gasteiger partial charge is 0.255 e. The Kier molecular flexibility index (Phi) is 5.29. The van der Waals surface area contributed by atoms with E-state index in [1.165, 1.54) is 5.56 Å². The summed E-state index contributed by atoms with van der Waals surface area (Å²) < 4.78 is 5.15. The van der Waals surface area contributed by atoms with Gasteiger partial charge in [-0.25, -0.2) is 0 Å². The van der Waals surface area contributed by atoms with Crippen molar-refractivity contribution in [1.29, 1.82) is 0 Å². The minimum Gasteiger partial charge on any atom is -0.497 e. The fraction of sp³-hybridized carbons (Fsp3) is 0.167. The fourth-order valence-corrected chi connectivity index (χ4v) is 3.55. The summed E-state index contributed by atoms with van der Waals surface area (Å²) >= 11 is 0. The maximum absolute atomic E-state index is 12.9. The molecule has 0 spiro atoms. The summed E-state index contributed by atoms with van der Waals surface area (Å²) in [6.45, 7) is 0.629. The van der Waals surface area contributed by atoms with Crippen molar-refractivity contribution in [3.05, 3.63) is 89.5 Å². The summed E-state index contributed by atoms with van der Waals surface area (Å²) in [6.07, 6.45) is 0.732. The third kappa shape index (κ3) is 4.14. The highest BCUT2D eigenvalue weighted by Gasteiger charge is 2.25. The van der Waals surface area contributed by atoms with E-state index in [0.717, 1.165) is 12.1 Å². The van der Waals surface area contributed by atoms with E-state index in [4.69, 9.17) is 4.74 Å². The molecule has 0 aromatic heterocycles. The fourth-order valence-electron chi connectivity index (χ4n) is 3.55. The van der Waals surface area contributed by atoms with E-state index in [9.17, 15) is 9.59 Å². The van der Waals surface area contributed by atoms with Crippen LogP contribution in [0.25, 0.3) is 0 Å². The van der Waals surface area contributed by atoms with E-state index in [1.807, 2.05) is 18.2 Å². The molecule has 0 saturated heterocycles. The third-order valence-electron chi connectivity index (χ3n) is 5.15. The van der Waals surface area contributed by atoms with Crippen LogP contribution < -0.4 is 15.4 Å². The Morgan fingerprint density at radius 1 is 0.966 bits per heavy atom. The molecule has 1 heterocycles. The Labute approximate surface area is 169 Å². The van der Waals surface area contributed by atoms with Gasteiger partial charge in [-0.05, 0) is 60.5 Å². The Morgan fingerprint density at radius 3 is 2.55 bits per heavy atom. The average Bonchev–Trinajstić information content (AvgIpc) is 2.78. The number of anilines is 2. The Hall–Kier alpha value is -3.60. The number of methoxy groups -OCH3 is 1. The summed E-state index contributed by atoms with van der Waals surface area (Å²) in [7, 11) is 1.56. The van der Waals surface area contributed by atoms with Gasteiger partial charge in [-0.1, -0.05) is 24.3 Å². The number of para-hydroxylation sites is 1. The topological polar surface area (TPSA) is 67.4 Å². The SMILES string of the molecule is COc1cccc(C(=O)Nc2ccc(C(=O)C3CNc4ccccc4C3)cc2)c1. The van der Waals surface area contributed by atoms with Gasteiger partial charge in [0.1, 0.15) is 5.75 Å². The monoisotopic (exact) mass is 386 g/mol.